The van der Waals surface area contributed by atoms with Gasteiger partial charge in [-0.15, -0.1) is 0 Å². The van der Waals surface area contributed by atoms with Crippen LogP contribution in [-0.4, -0.2) is 22.3 Å². The van der Waals surface area contributed by atoms with Gasteiger partial charge >= 0.3 is 5.97 Å². The second-order valence-corrected chi connectivity index (χ2v) is 2.95. The van der Waals surface area contributed by atoms with E-state index >= 15 is 0 Å². The number of aliphatic carboxylic acids is 1. The van der Waals surface area contributed by atoms with Crippen molar-refractivity contribution in [3.05, 3.63) is 35.9 Å². The number of carbonyl (C=O) groups is 1. The first-order valence-corrected chi connectivity index (χ1v) is 4.48. The molecule has 0 aliphatic rings. The molecule has 0 aliphatic heterocycles. The van der Waals surface area contributed by atoms with Crippen LogP contribution in [0.3, 0.4) is 0 Å². The molecule has 0 aromatic heterocycles. The fourth-order valence-electron chi connectivity index (χ4n) is 1.09. The van der Waals surface area contributed by atoms with E-state index in [2.05, 4.69) is 22.4 Å². The monoisotopic (exact) mass is 207 g/mol. The average Bonchev–Trinajstić information content (AvgIpc) is 2.18. The summed E-state index contributed by atoms with van der Waals surface area (Å²) < 4.78 is 0. The smallest absolute Gasteiger partial charge is 0.329 e. The number of isothiocyanates is 1. The number of thiocarbonyl (C=S) groups is 1. The molecule has 0 unspecified atom stereocenters. The number of hydrogen-bond acceptors (Lipinski definition) is 3. The standard InChI is InChI=1S/C10H9NO2S/c12-10(13)9(11-7-14)6-8-4-2-1-3-5-8/h1-5,9H,6H2,(H,12,13)/t9-/m1/s1. The van der Waals surface area contributed by atoms with Gasteiger partial charge < -0.3 is 5.11 Å². The Balaban J connectivity index is 2.75. The molecule has 0 aliphatic carbocycles. The van der Waals surface area contributed by atoms with Crippen LogP contribution in [-0.2, 0) is 11.2 Å². The maximum absolute atomic E-state index is 10.7. The van der Waals surface area contributed by atoms with Gasteiger partial charge in [0.05, 0.1) is 5.16 Å². The molecule has 1 rings (SSSR count). The molecule has 1 aromatic carbocycles. The molecule has 1 atom stereocenters. The van der Waals surface area contributed by atoms with Crippen molar-refractivity contribution in [3.8, 4) is 0 Å². The lowest BCUT2D eigenvalue weighted by molar-refractivity contribution is -0.138. The Morgan fingerprint density at radius 3 is 2.64 bits per heavy atom. The lowest BCUT2D eigenvalue weighted by Crippen LogP contribution is -2.20. The Bertz CT molecular complexity index is 356. The highest BCUT2D eigenvalue weighted by molar-refractivity contribution is 7.78. The van der Waals surface area contributed by atoms with Gasteiger partial charge in [0.15, 0.2) is 6.04 Å². The molecule has 4 heteroatoms. The normalized spacial score (nSPS) is 11.4. The summed E-state index contributed by atoms with van der Waals surface area (Å²) in [4.78, 5) is 14.3. The first kappa shape index (κ1) is 10.6. The molecule has 3 nitrogen and oxygen atoms in total. The summed E-state index contributed by atoms with van der Waals surface area (Å²) in [5.74, 6) is -0.980. The van der Waals surface area contributed by atoms with Gasteiger partial charge in [-0.1, -0.05) is 30.3 Å². The van der Waals surface area contributed by atoms with Crippen LogP contribution in [0.25, 0.3) is 0 Å². The highest BCUT2D eigenvalue weighted by atomic mass is 32.1. The molecule has 14 heavy (non-hydrogen) atoms. The fourth-order valence-corrected chi connectivity index (χ4v) is 1.22. The van der Waals surface area contributed by atoms with Crippen molar-refractivity contribution >= 4 is 23.3 Å². The Morgan fingerprint density at radius 1 is 1.50 bits per heavy atom. The van der Waals surface area contributed by atoms with Crippen LogP contribution in [0.15, 0.2) is 35.3 Å². The molecular formula is C10H9NO2S. The molecule has 0 spiro atoms. The number of carboxylic acids is 1. The number of nitrogens with zero attached hydrogens (tertiary/aromatic N) is 1. The zero-order valence-corrected chi connectivity index (χ0v) is 8.20. The lowest BCUT2D eigenvalue weighted by Gasteiger charge is -2.04. The molecule has 0 fully saturated rings. The minimum absolute atomic E-state index is 0.347. The predicted octanol–water partition coefficient (Wildman–Crippen LogP) is 1.79. The van der Waals surface area contributed by atoms with Gasteiger partial charge in [0.25, 0.3) is 0 Å². The lowest BCUT2D eigenvalue weighted by atomic mass is 10.1. The first-order valence-electron chi connectivity index (χ1n) is 4.07. The minimum atomic E-state index is -0.980. The third-order valence-electron chi connectivity index (χ3n) is 1.77. The van der Waals surface area contributed by atoms with Gasteiger partial charge in [0.2, 0.25) is 0 Å². The molecule has 1 aromatic rings. The van der Waals surface area contributed by atoms with Crippen molar-refractivity contribution in [1.82, 2.24) is 0 Å². The molecule has 0 heterocycles. The SMILES string of the molecule is O=C(O)[C@@H](Cc1ccccc1)N=C=S. The van der Waals surface area contributed by atoms with Crippen LogP contribution in [0, 0.1) is 0 Å². The second kappa shape index (κ2) is 5.27. The quantitative estimate of drug-likeness (QED) is 0.605. The largest absolute Gasteiger partial charge is 0.480 e. The predicted molar refractivity (Wildman–Crippen MR) is 56.6 cm³/mol. The third kappa shape index (κ3) is 3.09. The zero-order valence-electron chi connectivity index (χ0n) is 7.38. The van der Waals surface area contributed by atoms with Crippen molar-refractivity contribution < 1.29 is 9.90 Å². The number of rotatable bonds is 4. The van der Waals surface area contributed by atoms with Crippen molar-refractivity contribution in [2.45, 2.75) is 12.5 Å². The average molecular weight is 207 g/mol. The molecule has 72 valence electrons. The van der Waals surface area contributed by atoms with E-state index in [0.29, 0.717) is 6.42 Å². The highest BCUT2D eigenvalue weighted by Gasteiger charge is 2.15. The van der Waals surface area contributed by atoms with Gasteiger partial charge in [0.1, 0.15) is 0 Å². The van der Waals surface area contributed by atoms with Crippen LogP contribution < -0.4 is 0 Å². The number of aliphatic imine (C=N–C) groups is 1. The highest BCUT2D eigenvalue weighted by Crippen LogP contribution is 2.05. The molecule has 1 N–H and O–H groups in total. The van der Waals surface area contributed by atoms with Crippen molar-refractivity contribution in [1.29, 1.82) is 0 Å². The molecule has 0 saturated carbocycles. The summed E-state index contributed by atoms with van der Waals surface area (Å²) >= 11 is 4.38. The number of hydrogen-bond donors (Lipinski definition) is 1. The van der Waals surface area contributed by atoms with E-state index in [-0.39, 0.29) is 0 Å². The van der Waals surface area contributed by atoms with Crippen LogP contribution in [0.1, 0.15) is 5.56 Å². The Morgan fingerprint density at radius 2 is 2.14 bits per heavy atom. The molecular weight excluding hydrogens is 198 g/mol. The van der Waals surface area contributed by atoms with Crippen LogP contribution in [0.5, 0.6) is 0 Å². The molecule has 0 radical (unpaired) electrons. The van der Waals surface area contributed by atoms with E-state index in [1.165, 1.54) is 0 Å². The van der Waals surface area contributed by atoms with E-state index in [1.54, 1.807) is 0 Å². The zero-order chi connectivity index (χ0) is 10.4. The third-order valence-corrected chi connectivity index (χ3v) is 1.87. The molecule has 0 bridgehead atoms. The second-order valence-electron chi connectivity index (χ2n) is 2.76. The van der Waals surface area contributed by atoms with E-state index in [0.717, 1.165) is 5.56 Å². The Labute approximate surface area is 87.1 Å². The minimum Gasteiger partial charge on any atom is -0.480 e. The number of carboxylic acid groups (broad SMARTS) is 1. The topological polar surface area (TPSA) is 49.7 Å². The Kier molecular flexibility index (Phi) is 3.98. The summed E-state index contributed by atoms with van der Waals surface area (Å²) in [5.41, 5.74) is 0.925. The van der Waals surface area contributed by atoms with Crippen molar-refractivity contribution in [2.24, 2.45) is 4.99 Å². The molecule has 0 amide bonds. The maximum Gasteiger partial charge on any atom is 0.329 e. The maximum atomic E-state index is 10.7. The van der Waals surface area contributed by atoms with E-state index in [9.17, 15) is 4.79 Å². The van der Waals surface area contributed by atoms with Crippen LogP contribution in [0.2, 0.25) is 0 Å². The van der Waals surface area contributed by atoms with Gasteiger partial charge in [-0.3, -0.25) is 0 Å². The first-order chi connectivity index (χ1) is 6.74. The summed E-state index contributed by atoms with van der Waals surface area (Å²) in [5, 5.41) is 10.9. The Hall–Kier alpha value is -1.51. The summed E-state index contributed by atoms with van der Waals surface area (Å²) in [6.07, 6.45) is 0.347. The summed E-state index contributed by atoms with van der Waals surface area (Å²) in [6.45, 7) is 0. The van der Waals surface area contributed by atoms with Crippen molar-refractivity contribution in [2.75, 3.05) is 0 Å². The van der Waals surface area contributed by atoms with Crippen molar-refractivity contribution in [3.63, 3.8) is 0 Å². The van der Waals surface area contributed by atoms with Gasteiger partial charge in [0, 0.05) is 6.42 Å². The fraction of sp³-hybridized carbons (Fsp3) is 0.200. The van der Waals surface area contributed by atoms with Gasteiger partial charge in [-0.2, -0.15) is 0 Å². The van der Waals surface area contributed by atoms with Gasteiger partial charge in [-0.05, 0) is 17.8 Å². The van der Waals surface area contributed by atoms with Crippen LogP contribution >= 0.6 is 12.2 Å². The summed E-state index contributed by atoms with van der Waals surface area (Å²) in [7, 11) is 0. The van der Waals surface area contributed by atoms with E-state index in [1.807, 2.05) is 30.3 Å². The van der Waals surface area contributed by atoms with E-state index < -0.39 is 12.0 Å². The van der Waals surface area contributed by atoms with E-state index in [4.69, 9.17) is 5.11 Å². The molecule has 0 saturated heterocycles. The summed E-state index contributed by atoms with van der Waals surface area (Å²) in [6, 6.07) is 8.48. The number of benzene rings is 1. The van der Waals surface area contributed by atoms with Gasteiger partial charge in [-0.25, -0.2) is 9.79 Å². The van der Waals surface area contributed by atoms with Crippen LogP contribution in [0.4, 0.5) is 0 Å².